The van der Waals surface area contributed by atoms with Gasteiger partial charge in [0.25, 0.3) is 5.91 Å². The maximum Gasteiger partial charge on any atom is 0.321 e. The van der Waals surface area contributed by atoms with Gasteiger partial charge in [-0.15, -0.1) is 0 Å². The van der Waals surface area contributed by atoms with Gasteiger partial charge in [-0.3, -0.25) is 4.79 Å². The Hall–Kier alpha value is -3.99. The molecule has 1 aliphatic carbocycles. The fourth-order valence-corrected chi connectivity index (χ4v) is 4.33. The van der Waals surface area contributed by atoms with Crippen LogP contribution in [0.3, 0.4) is 0 Å². The first-order chi connectivity index (χ1) is 16.2. The van der Waals surface area contributed by atoms with Crippen molar-refractivity contribution < 1.29 is 9.53 Å². The molecule has 1 aromatic heterocycles. The molecule has 0 radical (unpaired) electrons. The molecule has 33 heavy (non-hydrogen) atoms. The molecule has 1 atom stereocenters. The van der Waals surface area contributed by atoms with E-state index >= 15 is 0 Å². The zero-order valence-corrected chi connectivity index (χ0v) is 18.5. The molecule has 4 aromatic rings. The number of benzene rings is 3. The molecule has 1 heterocycles. The van der Waals surface area contributed by atoms with Crippen molar-refractivity contribution in [3.63, 3.8) is 0 Å². The minimum Gasteiger partial charge on any atom is -0.424 e. The van der Waals surface area contributed by atoms with Crippen molar-refractivity contribution in [3.8, 4) is 22.9 Å². The first-order valence-electron chi connectivity index (χ1n) is 11.2. The number of ether oxygens (including phenoxy) is 1. The van der Waals surface area contributed by atoms with Crippen molar-refractivity contribution >= 4 is 5.91 Å². The highest BCUT2D eigenvalue weighted by Crippen LogP contribution is 2.30. The van der Waals surface area contributed by atoms with Crippen LogP contribution in [0.25, 0.3) is 11.1 Å². The lowest BCUT2D eigenvalue weighted by Crippen LogP contribution is -2.30. The molecule has 0 bridgehead atoms. The summed E-state index contributed by atoms with van der Waals surface area (Å²) in [5.74, 6) is 0.500. The van der Waals surface area contributed by atoms with Crippen molar-refractivity contribution in [1.82, 2.24) is 15.3 Å². The van der Waals surface area contributed by atoms with Gasteiger partial charge in [0.05, 0.1) is 6.04 Å². The normalized spacial score (nSPS) is 14.9. The Labute approximate surface area is 193 Å². The lowest BCUT2D eigenvalue weighted by Gasteiger charge is -2.26. The van der Waals surface area contributed by atoms with E-state index in [1.54, 1.807) is 36.7 Å². The number of aromatic nitrogens is 2. The highest BCUT2D eigenvalue weighted by Gasteiger charge is 2.21. The first kappa shape index (κ1) is 20.9. The molecule has 5 heteroatoms. The molecule has 0 saturated carbocycles. The summed E-state index contributed by atoms with van der Waals surface area (Å²) < 4.78 is 5.78. The minimum atomic E-state index is -0.0814. The van der Waals surface area contributed by atoms with E-state index in [0.717, 1.165) is 30.4 Å². The van der Waals surface area contributed by atoms with Crippen LogP contribution in [0.5, 0.6) is 11.8 Å². The van der Waals surface area contributed by atoms with Gasteiger partial charge < -0.3 is 10.1 Å². The number of nitrogens with zero attached hydrogens (tertiary/aromatic N) is 2. The molecule has 0 aliphatic heterocycles. The van der Waals surface area contributed by atoms with Crippen LogP contribution in [0.15, 0.2) is 85.2 Å². The topological polar surface area (TPSA) is 64.1 Å². The fraction of sp³-hybridized carbons (Fsp3) is 0.179. The Morgan fingerprint density at radius 1 is 0.939 bits per heavy atom. The Morgan fingerprint density at radius 2 is 1.67 bits per heavy atom. The van der Waals surface area contributed by atoms with Crippen LogP contribution >= 0.6 is 0 Å². The van der Waals surface area contributed by atoms with Gasteiger partial charge in [-0.1, -0.05) is 48.5 Å². The average molecular weight is 436 g/mol. The number of hydrogen-bond acceptors (Lipinski definition) is 4. The highest BCUT2D eigenvalue weighted by atomic mass is 16.5. The third-order valence-corrected chi connectivity index (χ3v) is 6.08. The standard InChI is InChI=1S/C28H25N3O2/c1-19-7-2-4-10-24(19)22-17-29-28(30-18-22)33-23-15-13-21(14-16-23)27(32)31-26-12-6-9-20-8-3-5-11-25(20)26/h2-5,7-8,10-11,13-18,26H,6,9,12H2,1H3,(H,31,32). The predicted octanol–water partition coefficient (Wildman–Crippen LogP) is 6.05. The molecule has 164 valence electrons. The summed E-state index contributed by atoms with van der Waals surface area (Å²) in [6.07, 6.45) is 6.63. The molecular formula is C28H25N3O2. The number of nitrogens with one attached hydrogen (secondary N) is 1. The molecule has 1 unspecified atom stereocenters. The van der Waals surface area contributed by atoms with Crippen LogP contribution < -0.4 is 10.1 Å². The number of aryl methyl sites for hydroxylation is 2. The first-order valence-corrected chi connectivity index (χ1v) is 11.2. The second kappa shape index (κ2) is 9.25. The zero-order valence-electron chi connectivity index (χ0n) is 18.5. The number of carbonyl (C=O) groups excluding carboxylic acids is 1. The predicted molar refractivity (Wildman–Crippen MR) is 128 cm³/mol. The molecule has 0 spiro atoms. The molecule has 0 saturated heterocycles. The van der Waals surface area contributed by atoms with Crippen molar-refractivity contribution in [2.75, 3.05) is 0 Å². The van der Waals surface area contributed by atoms with Crippen LogP contribution in [0.1, 0.15) is 45.9 Å². The van der Waals surface area contributed by atoms with Gasteiger partial charge in [-0.2, -0.15) is 0 Å². The Morgan fingerprint density at radius 3 is 2.45 bits per heavy atom. The Bertz CT molecular complexity index is 1270. The van der Waals surface area contributed by atoms with Gasteiger partial charge in [0, 0.05) is 23.5 Å². The van der Waals surface area contributed by atoms with E-state index in [0.29, 0.717) is 11.3 Å². The molecule has 0 fully saturated rings. The maximum absolute atomic E-state index is 12.8. The second-order valence-corrected chi connectivity index (χ2v) is 8.31. The summed E-state index contributed by atoms with van der Waals surface area (Å²) >= 11 is 0. The van der Waals surface area contributed by atoms with E-state index < -0.39 is 0 Å². The zero-order chi connectivity index (χ0) is 22.6. The number of hydrogen-bond donors (Lipinski definition) is 1. The lowest BCUT2D eigenvalue weighted by molar-refractivity contribution is 0.0932. The number of carbonyl (C=O) groups is 1. The smallest absolute Gasteiger partial charge is 0.321 e. The highest BCUT2D eigenvalue weighted by molar-refractivity contribution is 5.94. The van der Waals surface area contributed by atoms with Gasteiger partial charge in [-0.05, 0) is 72.7 Å². The van der Waals surface area contributed by atoms with E-state index in [4.69, 9.17) is 4.74 Å². The van der Waals surface area contributed by atoms with Crippen molar-refractivity contribution in [1.29, 1.82) is 0 Å². The van der Waals surface area contributed by atoms with Crippen LogP contribution in [0.4, 0.5) is 0 Å². The number of amides is 1. The molecule has 5 nitrogen and oxygen atoms in total. The van der Waals surface area contributed by atoms with E-state index in [1.807, 2.05) is 24.3 Å². The molecular weight excluding hydrogens is 410 g/mol. The van der Waals surface area contributed by atoms with Gasteiger partial charge >= 0.3 is 6.01 Å². The van der Waals surface area contributed by atoms with Crippen molar-refractivity contribution in [3.05, 3.63) is 107 Å². The van der Waals surface area contributed by atoms with Crippen LogP contribution in [0.2, 0.25) is 0 Å². The number of fused-ring (bicyclic) bond motifs is 1. The summed E-state index contributed by atoms with van der Waals surface area (Å²) in [4.78, 5) is 21.5. The monoisotopic (exact) mass is 435 g/mol. The van der Waals surface area contributed by atoms with Crippen molar-refractivity contribution in [2.45, 2.75) is 32.2 Å². The minimum absolute atomic E-state index is 0.0542. The lowest BCUT2D eigenvalue weighted by atomic mass is 9.87. The van der Waals surface area contributed by atoms with Gasteiger partial charge in [-0.25, -0.2) is 9.97 Å². The Balaban J connectivity index is 1.24. The summed E-state index contributed by atoms with van der Waals surface area (Å²) in [5.41, 5.74) is 6.35. The largest absolute Gasteiger partial charge is 0.424 e. The summed E-state index contributed by atoms with van der Waals surface area (Å²) in [6.45, 7) is 2.06. The third kappa shape index (κ3) is 4.62. The van der Waals surface area contributed by atoms with E-state index in [9.17, 15) is 4.79 Å². The molecule has 3 aromatic carbocycles. The van der Waals surface area contributed by atoms with Crippen LogP contribution in [0, 0.1) is 6.92 Å². The Kier molecular flexibility index (Phi) is 5.85. The van der Waals surface area contributed by atoms with E-state index in [2.05, 4.69) is 46.5 Å². The van der Waals surface area contributed by atoms with Crippen LogP contribution in [-0.4, -0.2) is 15.9 Å². The second-order valence-electron chi connectivity index (χ2n) is 8.31. The SMILES string of the molecule is Cc1ccccc1-c1cnc(Oc2ccc(C(=O)NC3CCCc4ccccc43)cc2)nc1. The van der Waals surface area contributed by atoms with Crippen LogP contribution in [-0.2, 0) is 6.42 Å². The summed E-state index contributed by atoms with van der Waals surface area (Å²) in [6, 6.07) is 23.8. The number of rotatable bonds is 5. The summed E-state index contributed by atoms with van der Waals surface area (Å²) in [7, 11) is 0. The van der Waals surface area contributed by atoms with Gasteiger partial charge in [0.1, 0.15) is 5.75 Å². The average Bonchev–Trinajstić information content (AvgIpc) is 2.86. The van der Waals surface area contributed by atoms with Crippen molar-refractivity contribution in [2.24, 2.45) is 0 Å². The molecule has 5 rings (SSSR count). The van der Waals surface area contributed by atoms with Gasteiger partial charge in [0.2, 0.25) is 0 Å². The fourth-order valence-electron chi connectivity index (χ4n) is 4.33. The quantitative estimate of drug-likeness (QED) is 0.414. The maximum atomic E-state index is 12.8. The van der Waals surface area contributed by atoms with Gasteiger partial charge in [0.15, 0.2) is 0 Å². The third-order valence-electron chi connectivity index (χ3n) is 6.08. The van der Waals surface area contributed by atoms with E-state index in [1.165, 1.54) is 16.7 Å². The molecule has 1 N–H and O–H groups in total. The molecule has 1 amide bonds. The molecule has 1 aliphatic rings. The summed E-state index contributed by atoms with van der Waals surface area (Å²) in [5, 5.41) is 3.18. The van der Waals surface area contributed by atoms with E-state index in [-0.39, 0.29) is 18.0 Å².